The van der Waals surface area contributed by atoms with Crippen molar-refractivity contribution in [3.05, 3.63) is 52.1 Å². The fraction of sp³-hybridized carbons (Fsp3) is 0.462. The van der Waals surface area contributed by atoms with Gasteiger partial charge in [-0.05, 0) is 50.8 Å². The number of halogens is 1. The zero-order valence-electron chi connectivity index (χ0n) is 20.4. The van der Waals surface area contributed by atoms with Gasteiger partial charge in [0.2, 0.25) is 0 Å². The van der Waals surface area contributed by atoms with E-state index >= 15 is 0 Å². The number of allylic oxidation sites excluding steroid dienone is 3. The van der Waals surface area contributed by atoms with E-state index in [-0.39, 0.29) is 65.2 Å². The van der Waals surface area contributed by atoms with Crippen molar-refractivity contribution in [3.8, 4) is 5.75 Å². The lowest BCUT2D eigenvalue weighted by Crippen LogP contribution is -2.49. The molecule has 1 amide bonds. The second-order valence-corrected chi connectivity index (χ2v) is 9.11. The van der Waals surface area contributed by atoms with Crippen LogP contribution >= 0.6 is 11.6 Å². The van der Waals surface area contributed by atoms with E-state index < -0.39 is 5.97 Å². The largest absolute Gasteiger partial charge is 0.506 e. The molecule has 0 aromatic heterocycles. The lowest BCUT2D eigenvalue weighted by atomic mass is 9.96. The molecule has 3 rings (SSSR count). The lowest BCUT2D eigenvalue weighted by Gasteiger charge is -2.35. The molecule has 0 spiro atoms. The summed E-state index contributed by atoms with van der Waals surface area (Å²) in [4.78, 5) is 44.3. The number of benzene rings is 1. The number of fused-ring (bicyclic) bond motifs is 1. The summed E-state index contributed by atoms with van der Waals surface area (Å²) in [5, 5.41) is 14.3. The molecule has 9 nitrogen and oxygen atoms in total. The number of hydrogen-bond donors (Lipinski definition) is 1. The topological polar surface area (TPSA) is 115 Å². The molecule has 2 unspecified atom stereocenters. The highest BCUT2D eigenvalue weighted by Crippen LogP contribution is 2.33. The average Bonchev–Trinajstić information content (AvgIpc) is 2.83. The Hall–Kier alpha value is -3.17. The number of hydrogen-bond acceptors (Lipinski definition) is 8. The summed E-state index contributed by atoms with van der Waals surface area (Å²) in [5.74, 6) is -1.29. The van der Waals surface area contributed by atoms with Crippen LogP contribution < -0.4 is 0 Å². The van der Waals surface area contributed by atoms with Crippen molar-refractivity contribution >= 4 is 35.5 Å². The van der Waals surface area contributed by atoms with Gasteiger partial charge in [0, 0.05) is 25.1 Å². The number of nitrogens with zero attached hydrogens (tertiary/aromatic N) is 2. The van der Waals surface area contributed by atoms with Crippen molar-refractivity contribution in [1.82, 2.24) is 4.90 Å². The molecule has 1 aromatic rings. The second kappa shape index (κ2) is 13.2. The summed E-state index contributed by atoms with van der Waals surface area (Å²) in [7, 11) is 0. The number of cyclic esters (lactones) is 1. The summed E-state index contributed by atoms with van der Waals surface area (Å²) in [6.07, 6.45) is 9.81. The number of morpholine rings is 1. The fourth-order valence-electron chi connectivity index (χ4n) is 4.11. The first kappa shape index (κ1) is 27.4. The second-order valence-electron chi connectivity index (χ2n) is 8.73. The number of aromatic hydroxyl groups is 1. The van der Waals surface area contributed by atoms with Gasteiger partial charge in [-0.3, -0.25) is 9.59 Å². The summed E-state index contributed by atoms with van der Waals surface area (Å²) < 4.78 is 11.0. The molecular weight excluding hydrogens is 488 g/mol. The Morgan fingerprint density at radius 2 is 1.92 bits per heavy atom. The van der Waals surface area contributed by atoms with Crippen LogP contribution in [0.3, 0.4) is 0 Å². The van der Waals surface area contributed by atoms with Gasteiger partial charge >= 0.3 is 5.97 Å². The number of ether oxygens (including phenoxy) is 2. The third-order valence-corrected chi connectivity index (χ3v) is 6.12. The van der Waals surface area contributed by atoms with Crippen molar-refractivity contribution in [1.29, 1.82) is 0 Å². The highest BCUT2D eigenvalue weighted by atomic mass is 35.5. The molecule has 2 aliphatic rings. The van der Waals surface area contributed by atoms with Gasteiger partial charge in [-0.25, -0.2) is 4.79 Å². The molecule has 2 aliphatic heterocycles. The Balaban J connectivity index is 1.88. The van der Waals surface area contributed by atoms with Crippen molar-refractivity contribution in [2.45, 2.75) is 51.7 Å². The Morgan fingerprint density at radius 1 is 1.22 bits per heavy atom. The molecule has 0 radical (unpaired) electrons. The summed E-state index contributed by atoms with van der Waals surface area (Å²) in [6, 6.07) is 1.13. The number of phenolic OH excluding ortho intramolecular Hbond substituents is 1. The van der Waals surface area contributed by atoms with E-state index in [0.717, 1.165) is 18.9 Å². The van der Waals surface area contributed by atoms with Crippen LogP contribution in [0, 0.1) is 0 Å². The molecule has 2 heterocycles. The van der Waals surface area contributed by atoms with Crippen LogP contribution in [0.1, 0.15) is 59.4 Å². The number of carbonyl (C=O) groups is 3. The van der Waals surface area contributed by atoms with Crippen molar-refractivity contribution < 1.29 is 33.8 Å². The zero-order chi connectivity index (χ0) is 26.1. The minimum atomic E-state index is -0.727. The molecule has 10 heteroatoms. The van der Waals surface area contributed by atoms with Crippen molar-refractivity contribution in [2.75, 3.05) is 26.3 Å². The first-order chi connectivity index (χ1) is 17.3. The van der Waals surface area contributed by atoms with E-state index in [1.807, 2.05) is 32.1 Å². The highest BCUT2D eigenvalue weighted by Gasteiger charge is 2.27. The van der Waals surface area contributed by atoms with Crippen molar-refractivity contribution in [2.24, 2.45) is 5.16 Å². The Labute approximate surface area is 215 Å². The van der Waals surface area contributed by atoms with Gasteiger partial charge in [0.25, 0.3) is 5.91 Å². The lowest BCUT2D eigenvalue weighted by molar-refractivity contribution is -0.147. The third-order valence-electron chi connectivity index (χ3n) is 5.70. The molecule has 1 N–H and O–H groups in total. The number of carbonyl (C=O) groups excluding carboxylic acids is 3. The number of amides is 1. The highest BCUT2D eigenvalue weighted by molar-refractivity contribution is 6.34. The SMILES string of the molecule is CC1CN(C(=O)CO/N=C2\C=C\CC/C=C/CCOC(=O)c3c(C=O)cc(O)c(Cl)c3C2)CC(C)O1. The van der Waals surface area contributed by atoms with E-state index in [1.54, 1.807) is 11.0 Å². The quantitative estimate of drug-likeness (QED) is 0.278. The fourth-order valence-corrected chi connectivity index (χ4v) is 4.32. The molecule has 1 fully saturated rings. The van der Waals surface area contributed by atoms with Gasteiger partial charge in [-0.15, -0.1) is 0 Å². The standard InChI is InChI=1S/C26H31ClN2O7/c1-17-13-29(14-18(2)36-17)23(32)16-35-28-20-9-7-5-3-4-6-8-10-34-26(33)24-19(15-30)11-22(31)25(27)21(24)12-20/h4,6-7,9,11,15,17-18,31H,3,5,8,10,12-14,16H2,1-2H3/b6-4+,9-7+,28-20+. The minimum Gasteiger partial charge on any atom is -0.506 e. The first-order valence-electron chi connectivity index (χ1n) is 11.9. The molecule has 1 aromatic carbocycles. The van der Waals surface area contributed by atoms with Crippen LogP contribution in [-0.4, -0.2) is 72.4 Å². The van der Waals surface area contributed by atoms with E-state index in [1.165, 1.54) is 0 Å². The van der Waals surface area contributed by atoms with Crippen LogP contribution in [0.25, 0.3) is 0 Å². The van der Waals surface area contributed by atoms with E-state index in [0.29, 0.717) is 31.5 Å². The summed E-state index contributed by atoms with van der Waals surface area (Å²) in [5.41, 5.74) is 0.452. The summed E-state index contributed by atoms with van der Waals surface area (Å²) in [6.45, 7) is 4.60. The van der Waals surface area contributed by atoms with Gasteiger partial charge < -0.3 is 24.3 Å². The number of rotatable bonds is 4. The van der Waals surface area contributed by atoms with E-state index in [9.17, 15) is 19.5 Å². The Morgan fingerprint density at radius 3 is 2.64 bits per heavy atom. The van der Waals surface area contributed by atoms with Crippen LogP contribution in [0.15, 0.2) is 35.5 Å². The van der Waals surface area contributed by atoms with Gasteiger partial charge in [-0.1, -0.05) is 35.0 Å². The van der Waals surface area contributed by atoms with Crippen LogP contribution in [0.4, 0.5) is 0 Å². The predicted molar refractivity (Wildman–Crippen MR) is 135 cm³/mol. The number of esters is 1. The average molecular weight is 519 g/mol. The Kier molecular flexibility index (Phi) is 10.1. The zero-order valence-corrected chi connectivity index (χ0v) is 21.2. The van der Waals surface area contributed by atoms with Gasteiger partial charge in [-0.2, -0.15) is 0 Å². The maximum Gasteiger partial charge on any atom is 0.339 e. The number of oxime groups is 1. The van der Waals surface area contributed by atoms with Gasteiger partial charge in [0.1, 0.15) is 5.75 Å². The monoisotopic (exact) mass is 518 g/mol. The molecule has 0 aliphatic carbocycles. The molecule has 0 bridgehead atoms. The minimum absolute atomic E-state index is 0.0370. The van der Waals surface area contributed by atoms with Crippen molar-refractivity contribution in [3.63, 3.8) is 0 Å². The maximum atomic E-state index is 12.9. The first-order valence-corrected chi connectivity index (χ1v) is 12.3. The molecule has 2 atom stereocenters. The predicted octanol–water partition coefficient (Wildman–Crippen LogP) is 3.86. The smallest absolute Gasteiger partial charge is 0.339 e. The summed E-state index contributed by atoms with van der Waals surface area (Å²) >= 11 is 6.36. The number of phenols is 1. The van der Waals surface area contributed by atoms with Crippen LogP contribution in [0.5, 0.6) is 5.75 Å². The number of aldehydes is 1. The van der Waals surface area contributed by atoms with E-state index in [2.05, 4.69) is 5.16 Å². The molecule has 36 heavy (non-hydrogen) atoms. The van der Waals surface area contributed by atoms with Gasteiger partial charge in [0.15, 0.2) is 12.9 Å². The third kappa shape index (κ3) is 7.41. The van der Waals surface area contributed by atoms with Crippen LogP contribution in [-0.2, 0) is 25.5 Å². The molecule has 194 valence electrons. The molecule has 1 saturated heterocycles. The molecular formula is C26H31ClN2O7. The normalized spacial score (nSPS) is 24.2. The van der Waals surface area contributed by atoms with E-state index in [4.69, 9.17) is 25.9 Å². The Bertz CT molecular complexity index is 1060. The van der Waals surface area contributed by atoms with Gasteiger partial charge in [0.05, 0.1) is 35.1 Å². The maximum absolute atomic E-state index is 12.9. The molecule has 0 saturated carbocycles. The van der Waals surface area contributed by atoms with Crippen LogP contribution in [0.2, 0.25) is 5.02 Å².